The average Bonchev–Trinajstić information content (AvgIpc) is 4.05. The van der Waals surface area contributed by atoms with Gasteiger partial charge in [0, 0.05) is 11.1 Å². The highest BCUT2D eigenvalue weighted by Crippen LogP contribution is 2.36. The van der Waals surface area contributed by atoms with E-state index in [0.29, 0.717) is 49.1 Å². The summed E-state index contributed by atoms with van der Waals surface area (Å²) >= 11 is 28.0. The van der Waals surface area contributed by atoms with E-state index in [9.17, 15) is 0 Å². The topological polar surface area (TPSA) is 158 Å². The molecule has 0 aliphatic carbocycles. The number of nitrogens with zero attached hydrogens (tertiary/aromatic N) is 12. The van der Waals surface area contributed by atoms with Crippen molar-refractivity contribution >= 4 is 114 Å². The minimum atomic E-state index is 0.368. The fourth-order valence-corrected chi connectivity index (χ4v) is 9.41. The number of aryl methyl sites for hydroxylation is 8. The number of hydrogen-bond acceptors (Lipinski definition) is 12. The van der Waals surface area contributed by atoms with E-state index in [0.717, 1.165) is 92.0 Å². The van der Waals surface area contributed by atoms with Crippen molar-refractivity contribution in [1.82, 2.24) is 58.4 Å². The van der Waals surface area contributed by atoms with Gasteiger partial charge in [-0.3, -0.25) is 0 Å². The van der Waals surface area contributed by atoms with Crippen LogP contribution >= 0.6 is 91.6 Å². The van der Waals surface area contributed by atoms with Crippen LogP contribution in [0.1, 0.15) is 59.0 Å². The van der Waals surface area contributed by atoms with Crippen LogP contribution in [0, 0.1) is 62.8 Å². The van der Waals surface area contributed by atoms with Gasteiger partial charge in [-0.05, 0) is 178 Å². The van der Waals surface area contributed by atoms with E-state index in [1.807, 2.05) is 121 Å². The summed E-state index contributed by atoms with van der Waals surface area (Å²) in [4.78, 5) is 17.9. The molecule has 0 spiro atoms. The molecule has 72 heavy (non-hydrogen) atoms. The number of imidazole rings is 4. The number of fused-ring (bicyclic) bond motifs is 4. The molecule has 10 rings (SSSR count). The minimum absolute atomic E-state index is 0.368. The molecule has 22 heteroatoms. The van der Waals surface area contributed by atoms with E-state index in [1.54, 1.807) is 48.1 Å². The Bertz CT molecular complexity index is 3360. The Balaban J connectivity index is 0.000000159. The van der Waals surface area contributed by atoms with Crippen LogP contribution in [0.25, 0.3) is 45.1 Å². The highest BCUT2D eigenvalue weighted by Gasteiger charge is 2.19. The molecule has 0 aliphatic rings. The summed E-state index contributed by atoms with van der Waals surface area (Å²) in [6.07, 6.45) is 0. The summed E-state index contributed by atoms with van der Waals surface area (Å²) in [5.74, 6) is 2.74. The van der Waals surface area contributed by atoms with Crippen molar-refractivity contribution in [1.29, 1.82) is 0 Å². The Morgan fingerprint density at radius 1 is 0.403 bits per heavy atom. The molecule has 2 aromatic carbocycles. The minimum Gasteiger partial charge on any atom is -0.493 e. The van der Waals surface area contributed by atoms with E-state index in [4.69, 9.17) is 65.4 Å². The first-order valence-electron chi connectivity index (χ1n) is 22.1. The Kier molecular flexibility index (Phi) is 18.8. The van der Waals surface area contributed by atoms with Crippen LogP contribution in [0.2, 0.25) is 20.5 Å². The maximum atomic E-state index is 6.09. The van der Waals surface area contributed by atoms with Gasteiger partial charge in [0.15, 0.2) is 50.7 Å². The molecule has 0 radical (unpaired) electrons. The van der Waals surface area contributed by atoms with Crippen molar-refractivity contribution < 1.29 is 18.9 Å². The first-order valence-corrected chi connectivity index (χ1v) is 25.8. The highest BCUT2D eigenvalue weighted by molar-refractivity contribution is 14.1. The van der Waals surface area contributed by atoms with Crippen molar-refractivity contribution in [2.24, 2.45) is 0 Å². The summed E-state index contributed by atoms with van der Waals surface area (Å²) in [6.45, 7) is 19.8. The van der Waals surface area contributed by atoms with Crippen LogP contribution < -0.4 is 18.9 Å². The van der Waals surface area contributed by atoms with E-state index in [2.05, 4.69) is 92.4 Å². The standard InChI is InChI=1S/C17H19N3O2.C16H16ClN3O2.C8H7ClIN3.C7H4Cl2IN3.C2H6/c1-10-8-11(2)19-20-16(12(3)18-17(10)20)13-6-7-14(21-4)15(9-13)22-5;1-9-7-14(17)19-20-15(10(2)18-16(9)20)11-5-6-12(21-3)13(8-11)22-4;1-4-3-6(9)12-13-7(10)5(2)11-8(4)13;1-3-6(10)13-7(11-3)4(8)2-5(9)12-13;1-2/h6-9H,1-5H3;5-8H,1-4H3;3H,1-2H3;2H,1H3;1-2H3. The van der Waals surface area contributed by atoms with Crippen molar-refractivity contribution in [3.63, 3.8) is 0 Å². The summed E-state index contributed by atoms with van der Waals surface area (Å²) in [6, 6.07) is 18.8. The van der Waals surface area contributed by atoms with Gasteiger partial charge in [-0.25, -0.2) is 38.0 Å². The maximum absolute atomic E-state index is 6.09. The lowest BCUT2D eigenvalue weighted by Gasteiger charge is -2.10. The molecule has 378 valence electrons. The number of halogens is 6. The fourth-order valence-electron chi connectivity index (χ4n) is 7.55. The van der Waals surface area contributed by atoms with Crippen molar-refractivity contribution in [2.75, 3.05) is 28.4 Å². The van der Waals surface area contributed by atoms with Gasteiger partial charge in [-0.1, -0.05) is 60.3 Å². The van der Waals surface area contributed by atoms with Gasteiger partial charge >= 0.3 is 0 Å². The van der Waals surface area contributed by atoms with Crippen molar-refractivity contribution in [2.45, 2.75) is 69.2 Å². The zero-order valence-electron chi connectivity index (χ0n) is 42.0. The Labute approximate surface area is 464 Å². The number of ether oxygens (including phenoxy) is 4. The van der Waals surface area contributed by atoms with E-state index < -0.39 is 0 Å². The van der Waals surface area contributed by atoms with Crippen molar-refractivity contribution in [3.8, 4) is 45.5 Å². The van der Waals surface area contributed by atoms with E-state index in [1.165, 1.54) is 0 Å². The fraction of sp³-hybridized carbons (Fsp3) is 0.280. The zero-order chi connectivity index (χ0) is 52.9. The quantitative estimate of drug-likeness (QED) is 0.145. The predicted molar refractivity (Wildman–Crippen MR) is 304 cm³/mol. The normalized spacial score (nSPS) is 10.8. The molecule has 8 heterocycles. The van der Waals surface area contributed by atoms with Crippen LogP contribution in [-0.4, -0.2) is 86.8 Å². The largest absolute Gasteiger partial charge is 0.493 e. The smallest absolute Gasteiger partial charge is 0.173 e. The highest BCUT2D eigenvalue weighted by atomic mass is 127. The molecule has 16 nitrogen and oxygen atoms in total. The van der Waals surface area contributed by atoms with Crippen LogP contribution in [0.3, 0.4) is 0 Å². The number of benzene rings is 2. The summed E-state index contributed by atoms with van der Waals surface area (Å²) < 4.78 is 30.4. The first kappa shape index (κ1) is 56.0. The van der Waals surface area contributed by atoms with Gasteiger partial charge in [-0.2, -0.15) is 20.4 Å². The second-order valence-corrected chi connectivity index (χ2v) is 19.3. The second-order valence-electron chi connectivity index (χ2n) is 15.7. The van der Waals surface area contributed by atoms with Crippen LogP contribution in [-0.2, 0) is 0 Å². The zero-order valence-corrected chi connectivity index (χ0v) is 49.4. The number of hydrogen-bond donors (Lipinski definition) is 0. The van der Waals surface area contributed by atoms with Gasteiger partial charge in [-0.15, -0.1) is 0 Å². The molecule has 0 fully saturated rings. The Morgan fingerprint density at radius 3 is 1.19 bits per heavy atom. The number of methoxy groups -OCH3 is 4. The summed E-state index contributed by atoms with van der Waals surface area (Å²) in [5.41, 5.74) is 14.8. The molecule has 0 amide bonds. The lowest BCUT2D eigenvalue weighted by molar-refractivity contribution is 0.355. The SMILES string of the molecule is CC.COc1ccc(-c2c(C)nc3c(C)cc(C)nn23)cc1OC.COc1ccc(-c2c(C)nc3c(C)cc(Cl)nn23)cc1OC.Cc1nc2c(C)cc(Cl)nn2c1I.Cc1nc2c(Cl)cc(Cl)nn2c1I. The Hall–Kier alpha value is -5.26. The second kappa shape index (κ2) is 24.2. The molecular formula is C50H52Cl4I2N12O4. The molecular weight excluding hydrogens is 1230 g/mol. The van der Waals surface area contributed by atoms with Gasteiger partial charge in [0.25, 0.3) is 0 Å². The van der Waals surface area contributed by atoms with Crippen LogP contribution in [0.4, 0.5) is 0 Å². The van der Waals surface area contributed by atoms with E-state index in [-0.39, 0.29) is 0 Å². The molecule has 10 aromatic rings. The molecule has 0 N–H and O–H groups in total. The number of aromatic nitrogens is 12. The molecule has 0 saturated carbocycles. The van der Waals surface area contributed by atoms with Crippen LogP contribution in [0.5, 0.6) is 23.0 Å². The third-order valence-electron chi connectivity index (χ3n) is 10.7. The predicted octanol–water partition coefficient (Wildman–Crippen LogP) is 13.6. The molecule has 0 atom stereocenters. The maximum Gasteiger partial charge on any atom is 0.173 e. The van der Waals surface area contributed by atoms with E-state index >= 15 is 0 Å². The summed E-state index contributed by atoms with van der Waals surface area (Å²) in [7, 11) is 6.49. The third-order valence-corrected chi connectivity index (χ3v) is 14.1. The molecule has 0 saturated heterocycles. The first-order chi connectivity index (χ1) is 34.3. The lowest BCUT2D eigenvalue weighted by Crippen LogP contribution is -1.99. The monoisotopic (exact) mass is 1280 g/mol. The molecule has 0 unspecified atom stereocenters. The third kappa shape index (κ3) is 11.9. The Morgan fingerprint density at radius 2 is 0.750 bits per heavy atom. The molecule has 0 bridgehead atoms. The van der Waals surface area contributed by atoms with Gasteiger partial charge in [0.1, 0.15) is 17.7 Å². The number of rotatable bonds is 6. The summed E-state index contributed by atoms with van der Waals surface area (Å²) in [5, 5.41) is 19.1. The van der Waals surface area contributed by atoms with Crippen LogP contribution in [0.15, 0.2) is 60.7 Å². The van der Waals surface area contributed by atoms with Gasteiger partial charge in [0.2, 0.25) is 0 Å². The lowest BCUT2D eigenvalue weighted by atomic mass is 10.1. The van der Waals surface area contributed by atoms with Gasteiger partial charge < -0.3 is 18.9 Å². The molecule has 0 aliphatic heterocycles. The van der Waals surface area contributed by atoms with Crippen molar-refractivity contribution in [3.05, 3.63) is 134 Å². The molecule has 8 aromatic heterocycles. The average molecular weight is 1280 g/mol. The van der Waals surface area contributed by atoms with Gasteiger partial charge in [0.05, 0.1) is 73.3 Å².